The number of methoxy groups -OCH3 is 1. The van der Waals surface area contributed by atoms with E-state index in [4.69, 9.17) is 9.84 Å². The van der Waals surface area contributed by atoms with Crippen molar-refractivity contribution in [2.45, 2.75) is 13.8 Å². The summed E-state index contributed by atoms with van der Waals surface area (Å²) in [5, 5.41) is 8.97. The van der Waals surface area contributed by atoms with Gasteiger partial charge in [-0.15, -0.1) is 0 Å². The van der Waals surface area contributed by atoms with E-state index in [-0.39, 0.29) is 0 Å². The van der Waals surface area contributed by atoms with Crippen molar-refractivity contribution in [3.05, 3.63) is 83.4 Å². The summed E-state index contributed by atoms with van der Waals surface area (Å²) in [7, 11) is 1.60. The number of aliphatic carboxylic acids is 1. The number of benzene rings is 3. The SMILES string of the molecule is COc1ccc(-c2ccc(-c3cccc(C)c3)c(C)c2)c(/C=C/C(=O)O)c1. The number of aryl methyl sites for hydroxylation is 2. The molecule has 0 fully saturated rings. The molecule has 0 aliphatic heterocycles. The summed E-state index contributed by atoms with van der Waals surface area (Å²) in [6.45, 7) is 4.18. The lowest BCUT2D eigenvalue weighted by atomic mass is 9.93. The molecule has 136 valence electrons. The summed E-state index contributed by atoms with van der Waals surface area (Å²) in [6.07, 6.45) is 2.75. The van der Waals surface area contributed by atoms with Crippen molar-refractivity contribution < 1.29 is 14.6 Å². The van der Waals surface area contributed by atoms with Gasteiger partial charge in [0.1, 0.15) is 5.75 Å². The minimum Gasteiger partial charge on any atom is -0.497 e. The molecular weight excluding hydrogens is 336 g/mol. The van der Waals surface area contributed by atoms with Gasteiger partial charge in [-0.25, -0.2) is 4.79 Å². The van der Waals surface area contributed by atoms with Gasteiger partial charge in [0.05, 0.1) is 7.11 Å². The zero-order valence-electron chi connectivity index (χ0n) is 15.7. The third-order valence-corrected chi connectivity index (χ3v) is 4.53. The third kappa shape index (κ3) is 4.26. The van der Waals surface area contributed by atoms with E-state index in [9.17, 15) is 4.79 Å². The first-order valence-electron chi connectivity index (χ1n) is 8.75. The number of ether oxygens (including phenoxy) is 1. The van der Waals surface area contributed by atoms with Crippen LogP contribution in [0.3, 0.4) is 0 Å². The molecule has 0 spiro atoms. The Hall–Kier alpha value is -3.33. The largest absolute Gasteiger partial charge is 0.497 e. The molecular formula is C24H22O3. The maximum atomic E-state index is 10.9. The van der Waals surface area contributed by atoms with E-state index in [2.05, 4.69) is 56.3 Å². The lowest BCUT2D eigenvalue weighted by molar-refractivity contribution is -0.131. The van der Waals surface area contributed by atoms with Crippen LogP contribution >= 0.6 is 0 Å². The van der Waals surface area contributed by atoms with Gasteiger partial charge in [0.15, 0.2) is 0 Å². The van der Waals surface area contributed by atoms with Gasteiger partial charge in [-0.1, -0.05) is 54.1 Å². The second-order valence-electron chi connectivity index (χ2n) is 6.52. The highest BCUT2D eigenvalue weighted by Crippen LogP contribution is 2.32. The van der Waals surface area contributed by atoms with Gasteiger partial charge in [0, 0.05) is 6.08 Å². The Balaban J connectivity index is 2.06. The first kappa shape index (κ1) is 18.5. The Morgan fingerprint density at radius 1 is 0.926 bits per heavy atom. The van der Waals surface area contributed by atoms with Gasteiger partial charge in [-0.05, 0) is 65.4 Å². The second-order valence-corrected chi connectivity index (χ2v) is 6.52. The van der Waals surface area contributed by atoms with Crippen molar-refractivity contribution in [2.24, 2.45) is 0 Å². The molecule has 0 atom stereocenters. The van der Waals surface area contributed by atoms with Crippen LogP contribution in [0.4, 0.5) is 0 Å². The Kier molecular flexibility index (Phi) is 5.41. The molecule has 0 aliphatic rings. The predicted octanol–water partition coefficient (Wildman–Crippen LogP) is 5.74. The van der Waals surface area contributed by atoms with Crippen molar-refractivity contribution in [1.29, 1.82) is 0 Å². The van der Waals surface area contributed by atoms with Gasteiger partial charge in [0.25, 0.3) is 0 Å². The molecule has 0 saturated heterocycles. The number of hydrogen-bond acceptors (Lipinski definition) is 2. The highest BCUT2D eigenvalue weighted by Gasteiger charge is 2.09. The summed E-state index contributed by atoms with van der Waals surface area (Å²) in [4.78, 5) is 10.9. The molecule has 0 saturated carbocycles. The summed E-state index contributed by atoms with van der Waals surface area (Å²) in [6, 6.07) is 20.5. The van der Waals surface area contributed by atoms with Gasteiger partial charge in [0.2, 0.25) is 0 Å². The van der Waals surface area contributed by atoms with Crippen LogP contribution in [0.15, 0.2) is 66.7 Å². The van der Waals surface area contributed by atoms with E-state index in [0.717, 1.165) is 22.8 Å². The van der Waals surface area contributed by atoms with Crippen molar-refractivity contribution in [3.63, 3.8) is 0 Å². The van der Waals surface area contributed by atoms with E-state index < -0.39 is 5.97 Å². The summed E-state index contributed by atoms with van der Waals surface area (Å²) in [5.74, 6) is -0.286. The second kappa shape index (κ2) is 7.92. The molecule has 27 heavy (non-hydrogen) atoms. The predicted molar refractivity (Wildman–Crippen MR) is 110 cm³/mol. The van der Waals surface area contributed by atoms with Crippen LogP contribution in [0.2, 0.25) is 0 Å². The van der Waals surface area contributed by atoms with E-state index in [1.807, 2.05) is 18.2 Å². The van der Waals surface area contributed by atoms with E-state index in [0.29, 0.717) is 5.75 Å². The Bertz CT molecular complexity index is 1020. The van der Waals surface area contributed by atoms with Crippen LogP contribution in [-0.4, -0.2) is 18.2 Å². The topological polar surface area (TPSA) is 46.5 Å². The third-order valence-electron chi connectivity index (χ3n) is 4.53. The number of rotatable bonds is 5. The Morgan fingerprint density at radius 3 is 2.33 bits per heavy atom. The van der Waals surface area contributed by atoms with Crippen molar-refractivity contribution in [1.82, 2.24) is 0 Å². The van der Waals surface area contributed by atoms with Gasteiger partial charge in [-0.2, -0.15) is 0 Å². The fraction of sp³-hybridized carbons (Fsp3) is 0.125. The molecule has 0 unspecified atom stereocenters. The maximum absolute atomic E-state index is 10.9. The molecule has 0 aromatic heterocycles. The molecule has 3 aromatic rings. The van der Waals surface area contributed by atoms with E-state index in [1.165, 1.54) is 22.3 Å². The van der Waals surface area contributed by atoms with Crippen LogP contribution < -0.4 is 4.74 Å². The van der Waals surface area contributed by atoms with Crippen LogP contribution in [0.5, 0.6) is 5.75 Å². The maximum Gasteiger partial charge on any atom is 0.328 e. The average Bonchev–Trinajstić information content (AvgIpc) is 2.66. The highest BCUT2D eigenvalue weighted by molar-refractivity contribution is 5.88. The monoisotopic (exact) mass is 358 g/mol. The highest BCUT2D eigenvalue weighted by atomic mass is 16.5. The molecule has 0 aliphatic carbocycles. The fourth-order valence-corrected chi connectivity index (χ4v) is 3.20. The fourth-order valence-electron chi connectivity index (χ4n) is 3.20. The normalized spacial score (nSPS) is 10.9. The van der Waals surface area contributed by atoms with Crippen LogP contribution in [0, 0.1) is 13.8 Å². The van der Waals surface area contributed by atoms with Crippen molar-refractivity contribution in [3.8, 4) is 28.0 Å². The van der Waals surface area contributed by atoms with Crippen molar-refractivity contribution in [2.75, 3.05) is 7.11 Å². The number of carboxylic acids is 1. The lowest BCUT2D eigenvalue weighted by Gasteiger charge is -2.13. The number of carboxylic acid groups (broad SMARTS) is 1. The number of hydrogen-bond donors (Lipinski definition) is 1. The Morgan fingerprint density at radius 2 is 1.67 bits per heavy atom. The quantitative estimate of drug-likeness (QED) is 0.591. The smallest absolute Gasteiger partial charge is 0.328 e. The Labute approximate surface area is 159 Å². The van der Waals surface area contributed by atoms with Crippen LogP contribution in [-0.2, 0) is 4.79 Å². The minimum absolute atomic E-state index is 0.692. The molecule has 0 amide bonds. The molecule has 1 N–H and O–H groups in total. The zero-order chi connectivity index (χ0) is 19.4. The van der Waals surface area contributed by atoms with Gasteiger partial charge < -0.3 is 9.84 Å². The average molecular weight is 358 g/mol. The molecule has 3 heteroatoms. The first-order chi connectivity index (χ1) is 13.0. The van der Waals surface area contributed by atoms with E-state index >= 15 is 0 Å². The lowest BCUT2D eigenvalue weighted by Crippen LogP contribution is -1.91. The molecule has 0 bridgehead atoms. The first-order valence-corrected chi connectivity index (χ1v) is 8.75. The summed E-state index contributed by atoms with van der Waals surface area (Å²) in [5.41, 5.74) is 7.59. The standard InChI is InChI=1S/C24H22O3/c1-16-5-4-6-18(13-16)22-10-7-19(14-17(22)2)23-11-9-21(27-3)15-20(23)8-12-24(25)26/h4-15H,1-3H3,(H,25,26)/b12-8+. The molecule has 3 nitrogen and oxygen atoms in total. The van der Waals surface area contributed by atoms with Gasteiger partial charge >= 0.3 is 5.97 Å². The van der Waals surface area contributed by atoms with Crippen LogP contribution in [0.1, 0.15) is 16.7 Å². The molecule has 3 aromatic carbocycles. The van der Waals surface area contributed by atoms with E-state index in [1.54, 1.807) is 13.2 Å². The van der Waals surface area contributed by atoms with Crippen molar-refractivity contribution >= 4 is 12.0 Å². The summed E-state index contributed by atoms with van der Waals surface area (Å²) >= 11 is 0. The van der Waals surface area contributed by atoms with Crippen LogP contribution in [0.25, 0.3) is 28.3 Å². The number of carbonyl (C=O) groups is 1. The molecule has 3 rings (SSSR count). The molecule has 0 radical (unpaired) electrons. The van der Waals surface area contributed by atoms with Gasteiger partial charge in [-0.3, -0.25) is 0 Å². The summed E-state index contributed by atoms with van der Waals surface area (Å²) < 4.78 is 5.28. The zero-order valence-corrected chi connectivity index (χ0v) is 15.7. The minimum atomic E-state index is -0.977. The molecule has 0 heterocycles.